The molecular formula is C39H68O6. The van der Waals surface area contributed by atoms with Gasteiger partial charge in [0.05, 0.1) is 19.8 Å². The Kier molecular flexibility index (Phi) is 26.4. The van der Waals surface area contributed by atoms with Gasteiger partial charge in [-0.2, -0.15) is 0 Å². The number of ether oxygens (including phenoxy) is 5. The Bertz CT molecular complexity index is 766. The summed E-state index contributed by atoms with van der Waals surface area (Å²) >= 11 is 0. The van der Waals surface area contributed by atoms with Gasteiger partial charge in [0, 0.05) is 26.2 Å². The Morgan fingerprint density at radius 3 is 1.91 bits per heavy atom. The van der Waals surface area contributed by atoms with E-state index in [1.165, 1.54) is 116 Å². The molecule has 260 valence electrons. The second-order valence-corrected chi connectivity index (χ2v) is 13.0. The molecule has 0 spiro atoms. The van der Waals surface area contributed by atoms with Gasteiger partial charge >= 0.3 is 5.97 Å². The normalized spacial score (nSPS) is 15.7. The van der Waals surface area contributed by atoms with Crippen LogP contribution in [0, 0.1) is 0 Å². The first kappa shape index (κ1) is 39.7. The van der Waals surface area contributed by atoms with Crippen LogP contribution in [0.4, 0.5) is 0 Å². The number of benzene rings is 1. The SMILES string of the molecule is CCCCCCCC(=O)OC(COCCCCCCCCCCCCCCCCOC1CCCCO1)COCc1ccccc1. The zero-order valence-corrected chi connectivity index (χ0v) is 29.0. The Hall–Kier alpha value is -1.47. The van der Waals surface area contributed by atoms with Crippen molar-refractivity contribution in [3.63, 3.8) is 0 Å². The number of carbonyl (C=O) groups is 1. The van der Waals surface area contributed by atoms with Gasteiger partial charge in [0.2, 0.25) is 0 Å². The molecule has 1 aliphatic heterocycles. The van der Waals surface area contributed by atoms with E-state index in [1.807, 2.05) is 30.3 Å². The van der Waals surface area contributed by atoms with E-state index in [2.05, 4.69) is 6.92 Å². The summed E-state index contributed by atoms with van der Waals surface area (Å²) in [6.45, 7) is 5.93. The quantitative estimate of drug-likeness (QED) is 0.0599. The average molecular weight is 633 g/mol. The van der Waals surface area contributed by atoms with Crippen molar-refractivity contribution >= 4 is 5.97 Å². The predicted octanol–water partition coefficient (Wildman–Crippen LogP) is 10.5. The van der Waals surface area contributed by atoms with E-state index in [0.717, 1.165) is 44.5 Å². The molecule has 1 aliphatic rings. The van der Waals surface area contributed by atoms with Crippen molar-refractivity contribution in [1.82, 2.24) is 0 Å². The van der Waals surface area contributed by atoms with Crippen molar-refractivity contribution in [3.05, 3.63) is 35.9 Å². The van der Waals surface area contributed by atoms with Gasteiger partial charge < -0.3 is 23.7 Å². The lowest BCUT2D eigenvalue weighted by atomic mass is 10.0. The largest absolute Gasteiger partial charge is 0.457 e. The highest BCUT2D eigenvalue weighted by Gasteiger charge is 2.16. The van der Waals surface area contributed by atoms with E-state index in [4.69, 9.17) is 23.7 Å². The lowest BCUT2D eigenvalue weighted by molar-refractivity contribution is -0.162. The van der Waals surface area contributed by atoms with Crippen LogP contribution in [0.25, 0.3) is 0 Å². The third-order valence-corrected chi connectivity index (χ3v) is 8.63. The summed E-state index contributed by atoms with van der Waals surface area (Å²) in [5.41, 5.74) is 1.12. The molecule has 2 rings (SSSR count). The van der Waals surface area contributed by atoms with Crippen molar-refractivity contribution < 1.29 is 28.5 Å². The smallest absolute Gasteiger partial charge is 0.306 e. The molecule has 0 N–H and O–H groups in total. The fraction of sp³-hybridized carbons (Fsp3) is 0.821. The molecule has 1 heterocycles. The second-order valence-electron chi connectivity index (χ2n) is 13.0. The minimum Gasteiger partial charge on any atom is -0.457 e. The van der Waals surface area contributed by atoms with Crippen molar-refractivity contribution in [1.29, 1.82) is 0 Å². The number of carbonyl (C=O) groups excluding carboxylic acids is 1. The van der Waals surface area contributed by atoms with Gasteiger partial charge in [-0.1, -0.05) is 140 Å². The highest BCUT2D eigenvalue weighted by molar-refractivity contribution is 5.69. The minimum absolute atomic E-state index is 0.0706. The summed E-state index contributed by atoms with van der Waals surface area (Å²) in [4.78, 5) is 12.4. The zero-order valence-electron chi connectivity index (χ0n) is 29.0. The molecule has 1 fully saturated rings. The van der Waals surface area contributed by atoms with Crippen LogP contribution in [0.5, 0.6) is 0 Å². The van der Waals surface area contributed by atoms with Gasteiger partial charge in [0.1, 0.15) is 6.10 Å². The van der Waals surface area contributed by atoms with E-state index in [9.17, 15) is 4.79 Å². The monoisotopic (exact) mass is 633 g/mol. The molecule has 45 heavy (non-hydrogen) atoms. The highest BCUT2D eigenvalue weighted by Crippen LogP contribution is 2.16. The molecule has 2 atom stereocenters. The molecule has 2 unspecified atom stereocenters. The fourth-order valence-electron chi connectivity index (χ4n) is 5.82. The van der Waals surface area contributed by atoms with Crippen molar-refractivity contribution in [2.75, 3.05) is 33.0 Å². The Balaban J connectivity index is 1.38. The summed E-state index contributed by atoms with van der Waals surface area (Å²) in [5, 5.41) is 0. The highest BCUT2D eigenvalue weighted by atomic mass is 16.7. The van der Waals surface area contributed by atoms with Gasteiger partial charge in [-0.25, -0.2) is 0 Å². The maximum Gasteiger partial charge on any atom is 0.306 e. The lowest BCUT2D eigenvalue weighted by Gasteiger charge is -2.22. The van der Waals surface area contributed by atoms with Gasteiger partial charge in [0.25, 0.3) is 0 Å². The van der Waals surface area contributed by atoms with E-state index in [1.54, 1.807) is 0 Å². The molecule has 0 aliphatic carbocycles. The first-order valence-corrected chi connectivity index (χ1v) is 18.9. The van der Waals surface area contributed by atoms with E-state index >= 15 is 0 Å². The van der Waals surface area contributed by atoms with Gasteiger partial charge in [0.15, 0.2) is 6.29 Å². The standard InChI is InChI=1S/C39H68O6/c1-2-3-4-15-21-28-38(40)45-37(35-42-33-36-26-19-18-20-27-36)34-41-30-23-16-13-11-9-7-5-6-8-10-12-14-17-24-31-43-39-29-22-25-32-44-39/h18-20,26-27,37,39H,2-17,21-25,28-35H2,1H3. The number of hydrogen-bond acceptors (Lipinski definition) is 6. The third-order valence-electron chi connectivity index (χ3n) is 8.63. The molecule has 1 aromatic rings. The molecule has 0 aromatic heterocycles. The second kappa shape index (κ2) is 29.9. The molecule has 0 amide bonds. The lowest BCUT2D eigenvalue weighted by Crippen LogP contribution is -2.28. The van der Waals surface area contributed by atoms with E-state index in [0.29, 0.717) is 32.8 Å². The van der Waals surface area contributed by atoms with Crippen molar-refractivity contribution in [2.45, 2.75) is 174 Å². The number of unbranched alkanes of at least 4 members (excludes halogenated alkanes) is 17. The number of hydrogen-bond donors (Lipinski definition) is 0. The molecule has 6 heteroatoms. The van der Waals surface area contributed by atoms with E-state index < -0.39 is 0 Å². The molecule has 0 saturated carbocycles. The topological polar surface area (TPSA) is 63.2 Å². The Labute approximate surface area is 276 Å². The minimum atomic E-state index is -0.349. The molecule has 1 aromatic carbocycles. The third kappa shape index (κ3) is 24.4. The number of rotatable bonds is 31. The van der Waals surface area contributed by atoms with Gasteiger partial charge in [-0.3, -0.25) is 4.79 Å². The zero-order chi connectivity index (χ0) is 31.9. The van der Waals surface area contributed by atoms with Crippen molar-refractivity contribution in [2.24, 2.45) is 0 Å². The van der Waals surface area contributed by atoms with Crippen LogP contribution in [0.15, 0.2) is 30.3 Å². The molecule has 6 nitrogen and oxygen atoms in total. The van der Waals surface area contributed by atoms with Crippen LogP contribution in [-0.2, 0) is 35.1 Å². The maximum atomic E-state index is 12.4. The average Bonchev–Trinajstić information content (AvgIpc) is 3.06. The summed E-state index contributed by atoms with van der Waals surface area (Å²) < 4.78 is 29.0. The van der Waals surface area contributed by atoms with Gasteiger partial charge in [-0.05, 0) is 44.1 Å². The Morgan fingerprint density at radius 1 is 0.711 bits per heavy atom. The Morgan fingerprint density at radius 2 is 1.29 bits per heavy atom. The molecule has 1 saturated heterocycles. The number of esters is 1. The summed E-state index contributed by atoms with van der Waals surface area (Å²) in [5.74, 6) is -0.134. The van der Waals surface area contributed by atoms with Crippen LogP contribution in [0.2, 0.25) is 0 Å². The van der Waals surface area contributed by atoms with E-state index in [-0.39, 0.29) is 18.4 Å². The van der Waals surface area contributed by atoms with Gasteiger partial charge in [-0.15, -0.1) is 0 Å². The van der Waals surface area contributed by atoms with Crippen molar-refractivity contribution in [3.8, 4) is 0 Å². The maximum absolute atomic E-state index is 12.4. The fourth-order valence-corrected chi connectivity index (χ4v) is 5.82. The summed E-state index contributed by atoms with van der Waals surface area (Å²) in [6, 6.07) is 10.1. The van der Waals surface area contributed by atoms with Crippen LogP contribution >= 0.6 is 0 Å². The predicted molar refractivity (Wildman–Crippen MR) is 184 cm³/mol. The van der Waals surface area contributed by atoms with Crippen LogP contribution in [-0.4, -0.2) is 51.4 Å². The van der Waals surface area contributed by atoms with Crippen LogP contribution in [0.3, 0.4) is 0 Å². The molecule has 0 bridgehead atoms. The molecule has 0 radical (unpaired) electrons. The summed E-state index contributed by atoms with van der Waals surface area (Å²) in [7, 11) is 0. The van der Waals surface area contributed by atoms with Crippen LogP contribution in [0.1, 0.15) is 160 Å². The van der Waals surface area contributed by atoms with Crippen LogP contribution < -0.4 is 0 Å². The first-order chi connectivity index (χ1) is 22.3. The molecular weight excluding hydrogens is 564 g/mol. The first-order valence-electron chi connectivity index (χ1n) is 18.9. The summed E-state index contributed by atoms with van der Waals surface area (Å²) in [6.07, 6.45) is 27.6.